The number of hydrogen-bond donors (Lipinski definition) is 1. The molecule has 5 heteroatoms. The van der Waals surface area contributed by atoms with Crippen molar-refractivity contribution < 1.29 is 4.79 Å². The number of benzene rings is 1. The van der Waals surface area contributed by atoms with Gasteiger partial charge in [-0.05, 0) is 17.9 Å². The standard InChI is InChI=1S/C20H28N4O/c1-3-19-15-23(16(2)25)10-9-20(19)21-11-18-12-22-24(14-18)13-17-7-5-4-6-8-17/h4-8,12,14,19-21H,3,9-11,13,15H2,1-2H3/t19-,20-/m1/s1. The van der Waals surface area contributed by atoms with Crippen LogP contribution in [0.15, 0.2) is 42.7 Å². The van der Waals surface area contributed by atoms with Gasteiger partial charge in [0.1, 0.15) is 0 Å². The van der Waals surface area contributed by atoms with E-state index in [0.29, 0.717) is 12.0 Å². The van der Waals surface area contributed by atoms with Gasteiger partial charge >= 0.3 is 0 Å². The molecule has 1 aliphatic rings. The predicted molar refractivity (Wildman–Crippen MR) is 99.1 cm³/mol. The number of rotatable bonds is 6. The second-order valence-corrected chi connectivity index (χ2v) is 6.94. The van der Waals surface area contributed by atoms with Gasteiger partial charge in [-0.1, -0.05) is 43.7 Å². The molecular formula is C20H28N4O. The van der Waals surface area contributed by atoms with Crippen LogP contribution in [0.2, 0.25) is 0 Å². The first-order valence-corrected chi connectivity index (χ1v) is 9.20. The Balaban J connectivity index is 1.52. The van der Waals surface area contributed by atoms with E-state index < -0.39 is 0 Å². The minimum Gasteiger partial charge on any atom is -0.343 e. The molecule has 5 nitrogen and oxygen atoms in total. The molecule has 2 heterocycles. The van der Waals surface area contributed by atoms with Gasteiger partial charge < -0.3 is 10.2 Å². The largest absolute Gasteiger partial charge is 0.343 e. The van der Waals surface area contributed by atoms with Crippen LogP contribution in [0, 0.1) is 5.92 Å². The molecule has 1 N–H and O–H groups in total. The lowest BCUT2D eigenvalue weighted by Crippen LogP contribution is -2.50. The fraction of sp³-hybridized carbons (Fsp3) is 0.500. The van der Waals surface area contributed by atoms with Gasteiger partial charge in [-0.15, -0.1) is 0 Å². The van der Waals surface area contributed by atoms with Gasteiger partial charge in [-0.2, -0.15) is 5.10 Å². The van der Waals surface area contributed by atoms with Crippen molar-refractivity contribution in [3.63, 3.8) is 0 Å². The maximum atomic E-state index is 11.6. The molecule has 3 rings (SSSR count). The summed E-state index contributed by atoms with van der Waals surface area (Å²) in [5.41, 5.74) is 2.47. The van der Waals surface area contributed by atoms with Crippen LogP contribution in [-0.2, 0) is 17.9 Å². The Morgan fingerprint density at radius 1 is 1.28 bits per heavy atom. The second kappa shape index (κ2) is 8.30. The molecular weight excluding hydrogens is 312 g/mol. The Labute approximate surface area is 150 Å². The van der Waals surface area contributed by atoms with Crippen LogP contribution in [0.3, 0.4) is 0 Å². The molecule has 25 heavy (non-hydrogen) atoms. The fourth-order valence-electron chi connectivity index (χ4n) is 3.60. The molecule has 1 aromatic carbocycles. The highest BCUT2D eigenvalue weighted by Crippen LogP contribution is 2.20. The van der Waals surface area contributed by atoms with Crippen molar-refractivity contribution in [3.8, 4) is 0 Å². The third-order valence-corrected chi connectivity index (χ3v) is 5.15. The summed E-state index contributed by atoms with van der Waals surface area (Å²) in [5.74, 6) is 0.719. The number of carbonyl (C=O) groups excluding carboxylic acids is 1. The van der Waals surface area contributed by atoms with E-state index in [1.165, 1.54) is 11.1 Å². The van der Waals surface area contributed by atoms with E-state index in [2.05, 4.69) is 47.8 Å². The van der Waals surface area contributed by atoms with Gasteiger partial charge in [0.05, 0.1) is 12.7 Å². The molecule has 1 amide bonds. The number of likely N-dealkylation sites (tertiary alicyclic amines) is 1. The number of aromatic nitrogens is 2. The molecule has 0 spiro atoms. The summed E-state index contributed by atoms with van der Waals surface area (Å²) in [4.78, 5) is 13.6. The van der Waals surface area contributed by atoms with Crippen LogP contribution in [0.5, 0.6) is 0 Å². The highest BCUT2D eigenvalue weighted by atomic mass is 16.2. The van der Waals surface area contributed by atoms with Crippen LogP contribution >= 0.6 is 0 Å². The maximum absolute atomic E-state index is 11.6. The monoisotopic (exact) mass is 340 g/mol. The molecule has 1 fully saturated rings. The van der Waals surface area contributed by atoms with Crippen LogP contribution in [-0.4, -0.2) is 39.7 Å². The topological polar surface area (TPSA) is 50.2 Å². The zero-order chi connectivity index (χ0) is 17.6. The van der Waals surface area contributed by atoms with E-state index >= 15 is 0 Å². The van der Waals surface area contributed by atoms with E-state index in [4.69, 9.17) is 0 Å². The average Bonchev–Trinajstić information content (AvgIpc) is 3.08. The van der Waals surface area contributed by atoms with Crippen LogP contribution in [0.1, 0.15) is 37.8 Å². The van der Waals surface area contributed by atoms with Crippen LogP contribution in [0.4, 0.5) is 0 Å². The molecule has 2 aromatic rings. The Morgan fingerprint density at radius 3 is 2.80 bits per heavy atom. The third kappa shape index (κ3) is 4.69. The number of amides is 1. The molecule has 0 bridgehead atoms. The third-order valence-electron chi connectivity index (χ3n) is 5.15. The van der Waals surface area contributed by atoms with E-state index in [9.17, 15) is 4.79 Å². The Kier molecular flexibility index (Phi) is 5.87. The average molecular weight is 340 g/mol. The Hall–Kier alpha value is -2.14. The quantitative estimate of drug-likeness (QED) is 0.879. The Morgan fingerprint density at radius 2 is 2.08 bits per heavy atom. The lowest BCUT2D eigenvalue weighted by Gasteiger charge is -2.38. The van der Waals surface area contributed by atoms with Gasteiger partial charge in [-0.25, -0.2) is 0 Å². The van der Waals surface area contributed by atoms with Crippen molar-refractivity contribution in [1.29, 1.82) is 0 Å². The highest BCUT2D eigenvalue weighted by Gasteiger charge is 2.28. The first-order chi connectivity index (χ1) is 12.2. The smallest absolute Gasteiger partial charge is 0.219 e. The molecule has 1 aliphatic heterocycles. The van der Waals surface area contributed by atoms with E-state index in [0.717, 1.165) is 39.0 Å². The first-order valence-electron chi connectivity index (χ1n) is 9.20. The van der Waals surface area contributed by atoms with Crippen LogP contribution < -0.4 is 5.32 Å². The van der Waals surface area contributed by atoms with E-state index in [-0.39, 0.29) is 5.91 Å². The predicted octanol–water partition coefficient (Wildman–Crippen LogP) is 2.67. The zero-order valence-electron chi connectivity index (χ0n) is 15.2. The van der Waals surface area contributed by atoms with Crippen LogP contribution in [0.25, 0.3) is 0 Å². The fourth-order valence-corrected chi connectivity index (χ4v) is 3.60. The summed E-state index contributed by atoms with van der Waals surface area (Å²) in [6.45, 7) is 7.24. The molecule has 1 aromatic heterocycles. The van der Waals surface area contributed by atoms with Gasteiger partial charge in [0, 0.05) is 44.4 Å². The van der Waals surface area contributed by atoms with E-state index in [1.807, 2.05) is 21.8 Å². The first kappa shape index (κ1) is 17.7. The molecule has 1 saturated heterocycles. The van der Waals surface area contributed by atoms with Gasteiger partial charge in [0.2, 0.25) is 5.91 Å². The van der Waals surface area contributed by atoms with Crippen molar-refractivity contribution in [2.75, 3.05) is 13.1 Å². The number of nitrogens with one attached hydrogen (secondary N) is 1. The van der Waals surface area contributed by atoms with Gasteiger partial charge in [0.25, 0.3) is 0 Å². The summed E-state index contributed by atoms with van der Waals surface area (Å²) in [5, 5.41) is 8.16. The summed E-state index contributed by atoms with van der Waals surface area (Å²) < 4.78 is 1.99. The summed E-state index contributed by atoms with van der Waals surface area (Å²) in [6.07, 6.45) is 6.18. The summed E-state index contributed by atoms with van der Waals surface area (Å²) in [6, 6.07) is 10.9. The minimum absolute atomic E-state index is 0.194. The number of hydrogen-bond acceptors (Lipinski definition) is 3. The maximum Gasteiger partial charge on any atom is 0.219 e. The zero-order valence-corrected chi connectivity index (χ0v) is 15.2. The minimum atomic E-state index is 0.194. The van der Waals surface area contributed by atoms with Crippen molar-refractivity contribution in [1.82, 2.24) is 20.0 Å². The van der Waals surface area contributed by atoms with Crippen molar-refractivity contribution in [2.45, 2.75) is 45.8 Å². The number of piperidine rings is 1. The summed E-state index contributed by atoms with van der Waals surface area (Å²) in [7, 11) is 0. The lowest BCUT2D eigenvalue weighted by molar-refractivity contribution is -0.131. The van der Waals surface area contributed by atoms with Crippen molar-refractivity contribution in [3.05, 3.63) is 53.9 Å². The Bertz CT molecular complexity index is 682. The second-order valence-electron chi connectivity index (χ2n) is 6.94. The van der Waals surface area contributed by atoms with Gasteiger partial charge in [0.15, 0.2) is 0 Å². The normalized spacial score (nSPS) is 20.6. The molecule has 134 valence electrons. The summed E-state index contributed by atoms with van der Waals surface area (Å²) >= 11 is 0. The molecule has 0 unspecified atom stereocenters. The molecule has 2 atom stereocenters. The lowest BCUT2D eigenvalue weighted by atomic mass is 9.89. The molecule has 0 radical (unpaired) electrons. The van der Waals surface area contributed by atoms with Gasteiger partial charge in [-0.3, -0.25) is 9.48 Å². The molecule has 0 aliphatic carbocycles. The van der Waals surface area contributed by atoms with Crippen molar-refractivity contribution >= 4 is 5.91 Å². The number of carbonyl (C=O) groups is 1. The highest BCUT2D eigenvalue weighted by molar-refractivity contribution is 5.73. The van der Waals surface area contributed by atoms with Crippen molar-refractivity contribution in [2.24, 2.45) is 5.92 Å². The molecule has 0 saturated carbocycles. The van der Waals surface area contributed by atoms with E-state index in [1.54, 1.807) is 6.92 Å². The SMILES string of the molecule is CC[C@@H]1CN(C(C)=O)CC[C@H]1NCc1cnn(Cc2ccccc2)c1. The number of nitrogens with zero attached hydrogens (tertiary/aromatic N) is 3.